The number of hydrogen-bond acceptors (Lipinski definition) is 7. The molecule has 11 heteroatoms. The molecule has 0 radical (unpaired) electrons. The highest BCUT2D eigenvalue weighted by molar-refractivity contribution is 5.92. The van der Waals surface area contributed by atoms with E-state index in [1.807, 2.05) is 0 Å². The molecule has 30 heavy (non-hydrogen) atoms. The van der Waals surface area contributed by atoms with Crippen LogP contribution in [0.4, 0.5) is 5.69 Å². The topological polar surface area (TPSA) is 134 Å². The number of carbonyl (C=O) groups is 1. The quantitative estimate of drug-likeness (QED) is 0.494. The Labute approximate surface area is 168 Å². The van der Waals surface area contributed by atoms with Crippen LogP contribution in [-0.4, -0.2) is 35.0 Å². The average Bonchev–Trinajstić information content (AvgIpc) is 2.76. The predicted octanol–water partition coefficient (Wildman–Crippen LogP) is -0.234. The third-order valence-corrected chi connectivity index (χ3v) is 4.76. The van der Waals surface area contributed by atoms with Crippen LogP contribution < -0.4 is 22.1 Å². The van der Waals surface area contributed by atoms with E-state index in [0.717, 1.165) is 9.25 Å². The molecule has 0 spiro atoms. The van der Waals surface area contributed by atoms with Crippen molar-refractivity contribution in [3.8, 4) is 0 Å². The Balaban J connectivity index is 1.54. The van der Waals surface area contributed by atoms with Gasteiger partial charge in [0, 0.05) is 20.5 Å². The highest BCUT2D eigenvalue weighted by Crippen LogP contribution is 2.12. The summed E-state index contributed by atoms with van der Waals surface area (Å²) >= 11 is 0. The number of pyridine rings is 1. The molecular formula is C19H17N7O4. The predicted molar refractivity (Wildman–Crippen MR) is 109 cm³/mol. The fraction of sp³-hybridized carbons (Fsp3) is 0.211. The smallest absolute Gasteiger partial charge is 0.325 e. The number of aromatic nitrogens is 6. The number of nitrogens with zero attached hydrogens (tertiary/aromatic N) is 6. The van der Waals surface area contributed by atoms with Gasteiger partial charge in [-0.05, 0) is 18.2 Å². The zero-order valence-corrected chi connectivity index (χ0v) is 16.2. The Morgan fingerprint density at radius 2 is 1.80 bits per heavy atom. The Hall–Kier alpha value is -4.15. The van der Waals surface area contributed by atoms with Gasteiger partial charge in [0.25, 0.3) is 11.1 Å². The van der Waals surface area contributed by atoms with Crippen LogP contribution in [0.15, 0.2) is 50.9 Å². The van der Waals surface area contributed by atoms with Gasteiger partial charge < -0.3 is 5.32 Å². The maximum Gasteiger partial charge on any atom is 0.332 e. The van der Waals surface area contributed by atoms with Crippen molar-refractivity contribution >= 4 is 33.5 Å². The molecule has 0 aliphatic rings. The van der Waals surface area contributed by atoms with Crippen molar-refractivity contribution in [3.63, 3.8) is 0 Å². The first kappa shape index (κ1) is 19.2. The van der Waals surface area contributed by atoms with Gasteiger partial charge in [-0.15, -0.1) is 5.10 Å². The van der Waals surface area contributed by atoms with Crippen LogP contribution in [0.5, 0.6) is 0 Å². The Kier molecular flexibility index (Phi) is 4.70. The summed E-state index contributed by atoms with van der Waals surface area (Å²) in [6.07, 6.45) is 1.33. The second kappa shape index (κ2) is 7.35. The van der Waals surface area contributed by atoms with E-state index in [-0.39, 0.29) is 35.5 Å². The fourth-order valence-electron chi connectivity index (χ4n) is 3.13. The van der Waals surface area contributed by atoms with E-state index < -0.39 is 11.2 Å². The van der Waals surface area contributed by atoms with E-state index in [1.165, 1.54) is 30.9 Å². The first-order chi connectivity index (χ1) is 14.4. The van der Waals surface area contributed by atoms with Gasteiger partial charge in [-0.3, -0.25) is 23.5 Å². The first-order valence-electron chi connectivity index (χ1n) is 9.05. The minimum Gasteiger partial charge on any atom is -0.325 e. The summed E-state index contributed by atoms with van der Waals surface area (Å²) in [5.41, 5.74) is -0.306. The fourth-order valence-corrected chi connectivity index (χ4v) is 3.13. The monoisotopic (exact) mass is 407 g/mol. The lowest BCUT2D eigenvalue weighted by Gasteiger charge is -2.09. The summed E-state index contributed by atoms with van der Waals surface area (Å²) in [7, 11) is 2.88. The van der Waals surface area contributed by atoms with Gasteiger partial charge in [0.2, 0.25) is 5.91 Å². The zero-order valence-electron chi connectivity index (χ0n) is 16.2. The van der Waals surface area contributed by atoms with Crippen molar-refractivity contribution in [2.75, 3.05) is 5.32 Å². The molecule has 0 saturated carbocycles. The molecule has 3 aromatic heterocycles. The first-order valence-corrected chi connectivity index (χ1v) is 9.05. The number of fused-ring (bicyclic) bond motifs is 2. The summed E-state index contributed by atoms with van der Waals surface area (Å²) in [6, 6.07) is 8.29. The number of rotatable bonds is 4. The van der Waals surface area contributed by atoms with E-state index in [0.29, 0.717) is 16.6 Å². The number of amides is 1. The molecule has 0 aliphatic carbocycles. The number of carbonyl (C=O) groups excluding carboxylic acids is 1. The molecule has 3 heterocycles. The highest BCUT2D eigenvalue weighted by Gasteiger charge is 2.12. The average molecular weight is 407 g/mol. The van der Waals surface area contributed by atoms with E-state index in [1.54, 1.807) is 24.3 Å². The standard InChI is InChI=1S/C19H17N7O4/c1-24-16-13(17(28)25(2)19(24)30)9-11(10-20-16)21-15(27)7-8-26-18(29)12-5-3-4-6-14(12)22-23-26/h3-6,9-10H,7-8H2,1-2H3,(H,21,27). The number of anilines is 1. The molecule has 1 amide bonds. The van der Waals surface area contributed by atoms with Crippen LogP contribution in [-0.2, 0) is 25.4 Å². The number of nitrogens with one attached hydrogen (secondary N) is 1. The molecular weight excluding hydrogens is 390 g/mol. The summed E-state index contributed by atoms with van der Waals surface area (Å²) in [4.78, 5) is 53.2. The Bertz CT molecular complexity index is 1480. The highest BCUT2D eigenvalue weighted by atomic mass is 16.2. The number of hydrogen-bond donors (Lipinski definition) is 1. The van der Waals surface area contributed by atoms with Crippen molar-refractivity contribution in [2.24, 2.45) is 14.1 Å². The lowest BCUT2D eigenvalue weighted by Crippen LogP contribution is -2.37. The number of benzene rings is 1. The van der Waals surface area contributed by atoms with Crippen LogP contribution in [0.25, 0.3) is 21.9 Å². The third-order valence-electron chi connectivity index (χ3n) is 4.76. The van der Waals surface area contributed by atoms with Crippen LogP contribution in [0.3, 0.4) is 0 Å². The number of aryl methyl sites for hydroxylation is 2. The zero-order chi connectivity index (χ0) is 21.4. The van der Waals surface area contributed by atoms with Crippen molar-refractivity contribution in [2.45, 2.75) is 13.0 Å². The van der Waals surface area contributed by atoms with Gasteiger partial charge in [0.1, 0.15) is 11.2 Å². The van der Waals surface area contributed by atoms with Crippen molar-refractivity contribution in [1.82, 2.24) is 29.1 Å². The minimum atomic E-state index is -0.505. The molecule has 0 fully saturated rings. The second-order valence-electron chi connectivity index (χ2n) is 6.73. The van der Waals surface area contributed by atoms with Crippen molar-refractivity contribution in [3.05, 3.63) is 67.7 Å². The summed E-state index contributed by atoms with van der Waals surface area (Å²) in [5, 5.41) is 11.1. The van der Waals surface area contributed by atoms with Crippen LogP contribution in [0, 0.1) is 0 Å². The molecule has 0 aliphatic heterocycles. The van der Waals surface area contributed by atoms with Gasteiger partial charge in [-0.2, -0.15) is 0 Å². The molecule has 152 valence electrons. The molecule has 0 atom stereocenters. The molecule has 0 unspecified atom stereocenters. The lowest BCUT2D eigenvalue weighted by molar-refractivity contribution is -0.116. The summed E-state index contributed by atoms with van der Waals surface area (Å²) in [5.74, 6) is -0.389. The summed E-state index contributed by atoms with van der Waals surface area (Å²) in [6.45, 7) is 0.0414. The Morgan fingerprint density at radius 3 is 2.60 bits per heavy atom. The van der Waals surface area contributed by atoms with Crippen LogP contribution >= 0.6 is 0 Å². The molecule has 1 aromatic carbocycles. The minimum absolute atomic E-state index is 0.0315. The normalized spacial score (nSPS) is 11.1. The maximum atomic E-state index is 12.4. The maximum absolute atomic E-state index is 12.4. The molecule has 0 saturated heterocycles. The van der Waals surface area contributed by atoms with Crippen LogP contribution in [0.1, 0.15) is 6.42 Å². The van der Waals surface area contributed by atoms with E-state index >= 15 is 0 Å². The molecule has 4 rings (SSSR count). The third kappa shape index (κ3) is 3.26. The lowest BCUT2D eigenvalue weighted by atomic mass is 10.2. The van der Waals surface area contributed by atoms with Gasteiger partial charge in [-0.25, -0.2) is 14.5 Å². The molecule has 11 nitrogen and oxygen atoms in total. The van der Waals surface area contributed by atoms with E-state index in [2.05, 4.69) is 20.6 Å². The Morgan fingerprint density at radius 1 is 1.03 bits per heavy atom. The largest absolute Gasteiger partial charge is 0.332 e. The summed E-state index contributed by atoms with van der Waals surface area (Å²) < 4.78 is 3.36. The van der Waals surface area contributed by atoms with Gasteiger partial charge >= 0.3 is 5.69 Å². The van der Waals surface area contributed by atoms with Gasteiger partial charge in [0.15, 0.2) is 0 Å². The second-order valence-corrected chi connectivity index (χ2v) is 6.73. The molecule has 0 bridgehead atoms. The van der Waals surface area contributed by atoms with Gasteiger partial charge in [-0.1, -0.05) is 17.3 Å². The van der Waals surface area contributed by atoms with Gasteiger partial charge in [0.05, 0.1) is 29.2 Å². The van der Waals surface area contributed by atoms with Crippen LogP contribution in [0.2, 0.25) is 0 Å². The molecule has 1 N–H and O–H groups in total. The van der Waals surface area contributed by atoms with Crippen molar-refractivity contribution < 1.29 is 4.79 Å². The molecule has 4 aromatic rings. The van der Waals surface area contributed by atoms with Crippen molar-refractivity contribution in [1.29, 1.82) is 0 Å². The van der Waals surface area contributed by atoms with E-state index in [9.17, 15) is 19.2 Å². The van der Waals surface area contributed by atoms with E-state index in [4.69, 9.17) is 0 Å². The SMILES string of the molecule is Cn1c(=O)c2cc(NC(=O)CCn3nnc4ccccc4c3=O)cnc2n(C)c1=O.